The van der Waals surface area contributed by atoms with Crippen molar-refractivity contribution in [2.75, 3.05) is 5.32 Å². The lowest BCUT2D eigenvalue weighted by atomic mass is 10.1. The summed E-state index contributed by atoms with van der Waals surface area (Å²) in [6.07, 6.45) is 2.82. The van der Waals surface area contributed by atoms with Gasteiger partial charge in [-0.2, -0.15) is 0 Å². The van der Waals surface area contributed by atoms with E-state index in [2.05, 4.69) is 34.6 Å². The Balaban J connectivity index is 1.72. The molecule has 0 fully saturated rings. The van der Waals surface area contributed by atoms with Crippen molar-refractivity contribution in [2.24, 2.45) is 0 Å². The number of hydrogen-bond acceptors (Lipinski definition) is 4. The Morgan fingerprint density at radius 1 is 1.08 bits per heavy atom. The first-order valence-corrected chi connectivity index (χ1v) is 9.42. The summed E-state index contributed by atoms with van der Waals surface area (Å²) in [5, 5.41) is 12.0. The van der Waals surface area contributed by atoms with Crippen molar-refractivity contribution in [3.8, 4) is 0 Å². The second kappa shape index (κ2) is 8.25. The summed E-state index contributed by atoms with van der Waals surface area (Å²) in [6, 6.07) is 15.7. The van der Waals surface area contributed by atoms with Crippen LogP contribution < -0.4 is 5.32 Å². The molecule has 0 saturated heterocycles. The van der Waals surface area contributed by atoms with E-state index in [1.54, 1.807) is 0 Å². The van der Waals surface area contributed by atoms with Crippen molar-refractivity contribution in [3.63, 3.8) is 0 Å². The van der Waals surface area contributed by atoms with E-state index in [1.165, 1.54) is 5.56 Å². The number of halogens is 1. The summed E-state index contributed by atoms with van der Waals surface area (Å²) in [5.74, 6) is -0.297. The van der Waals surface area contributed by atoms with Crippen molar-refractivity contribution in [1.29, 1.82) is 0 Å². The van der Waals surface area contributed by atoms with Gasteiger partial charge in [0.05, 0.1) is 5.03 Å². The smallest absolute Gasteiger partial charge is 0.286 e. The fourth-order valence-electron chi connectivity index (χ4n) is 2.29. The minimum atomic E-state index is -0.297. The molecule has 0 aliphatic heterocycles. The van der Waals surface area contributed by atoms with Gasteiger partial charge in [-0.25, -0.2) is 0 Å². The normalized spacial score (nSPS) is 11.4. The van der Waals surface area contributed by atoms with Gasteiger partial charge in [0.1, 0.15) is 0 Å². The topological polar surface area (TPSA) is 54.9 Å². The van der Waals surface area contributed by atoms with Crippen molar-refractivity contribution < 1.29 is 4.79 Å². The fraction of sp³-hybridized carbons (Fsp3) is 0.150. The molecule has 0 radical (unpaired) electrons. The van der Waals surface area contributed by atoms with Crippen LogP contribution in [-0.2, 0) is 6.42 Å². The van der Waals surface area contributed by atoms with Crippen LogP contribution in [0.3, 0.4) is 0 Å². The average molecular weight is 384 g/mol. The zero-order valence-electron chi connectivity index (χ0n) is 14.5. The number of anilines is 1. The van der Waals surface area contributed by atoms with Crippen molar-refractivity contribution >= 4 is 45.6 Å². The van der Waals surface area contributed by atoms with Crippen LogP contribution in [0, 0.1) is 6.92 Å². The Hall–Kier alpha value is -2.50. The summed E-state index contributed by atoms with van der Waals surface area (Å²) in [4.78, 5) is 12.3. The monoisotopic (exact) mass is 383 g/mol. The van der Waals surface area contributed by atoms with E-state index in [4.69, 9.17) is 11.6 Å². The predicted molar refractivity (Wildman–Crippen MR) is 109 cm³/mol. The SMILES string of the molecule is CCc1ccc(/C=C(\Cl)c2nnc(C(=O)Nc3ccc(C)cc3)s2)cc1. The van der Waals surface area contributed by atoms with Gasteiger partial charge in [-0.05, 0) is 42.7 Å². The number of hydrogen-bond donors (Lipinski definition) is 1. The molecule has 0 unspecified atom stereocenters. The van der Waals surface area contributed by atoms with E-state index in [0.29, 0.717) is 10.0 Å². The van der Waals surface area contributed by atoms with Gasteiger partial charge >= 0.3 is 0 Å². The van der Waals surface area contributed by atoms with E-state index >= 15 is 0 Å². The second-order valence-electron chi connectivity index (χ2n) is 5.82. The molecule has 6 heteroatoms. The van der Waals surface area contributed by atoms with E-state index < -0.39 is 0 Å². The van der Waals surface area contributed by atoms with Gasteiger partial charge in [-0.1, -0.05) is 71.8 Å². The number of carbonyl (C=O) groups is 1. The standard InChI is InChI=1S/C20H18ClN3OS/c1-3-14-6-8-15(9-7-14)12-17(21)19-23-24-20(26-19)18(25)22-16-10-4-13(2)5-11-16/h4-12H,3H2,1-2H3,(H,22,25)/b17-12-. The van der Waals surface area contributed by atoms with Crippen molar-refractivity contribution in [2.45, 2.75) is 20.3 Å². The first kappa shape index (κ1) is 18.3. The number of aryl methyl sites for hydroxylation is 2. The Morgan fingerprint density at radius 3 is 2.38 bits per heavy atom. The molecule has 1 heterocycles. The van der Waals surface area contributed by atoms with Gasteiger partial charge in [0.15, 0.2) is 5.01 Å². The summed E-state index contributed by atoms with van der Waals surface area (Å²) in [6.45, 7) is 4.11. The molecular formula is C20H18ClN3OS. The molecule has 26 heavy (non-hydrogen) atoms. The van der Waals surface area contributed by atoms with Crippen molar-refractivity contribution in [1.82, 2.24) is 10.2 Å². The number of amides is 1. The lowest BCUT2D eigenvalue weighted by molar-refractivity contribution is 0.102. The minimum absolute atomic E-state index is 0.272. The lowest BCUT2D eigenvalue weighted by Crippen LogP contribution is -2.11. The van der Waals surface area contributed by atoms with Crippen LogP contribution >= 0.6 is 22.9 Å². The molecule has 3 aromatic rings. The first-order valence-electron chi connectivity index (χ1n) is 8.23. The van der Waals surface area contributed by atoms with Crippen LogP contribution in [0.15, 0.2) is 48.5 Å². The predicted octanol–water partition coefficient (Wildman–Crippen LogP) is 5.40. The summed E-state index contributed by atoms with van der Waals surface area (Å²) in [5.41, 5.74) is 4.09. The number of benzene rings is 2. The lowest BCUT2D eigenvalue weighted by Gasteiger charge is -2.02. The van der Waals surface area contributed by atoms with Gasteiger partial charge in [-0.15, -0.1) is 10.2 Å². The molecule has 132 valence electrons. The van der Waals surface area contributed by atoms with E-state index in [1.807, 2.05) is 49.4 Å². The molecule has 0 bridgehead atoms. The Morgan fingerprint density at radius 2 is 1.73 bits per heavy atom. The number of carbonyl (C=O) groups excluding carboxylic acids is 1. The summed E-state index contributed by atoms with van der Waals surface area (Å²) < 4.78 is 0. The van der Waals surface area contributed by atoms with Crippen molar-refractivity contribution in [3.05, 3.63) is 75.2 Å². The number of nitrogens with zero attached hydrogens (tertiary/aromatic N) is 2. The Labute approximate surface area is 161 Å². The van der Waals surface area contributed by atoms with E-state index in [9.17, 15) is 4.79 Å². The zero-order valence-corrected chi connectivity index (χ0v) is 16.1. The van der Waals surface area contributed by atoms with Crippen LogP contribution in [0.1, 0.15) is 38.4 Å². The number of rotatable bonds is 5. The Bertz CT molecular complexity index is 930. The molecule has 1 amide bonds. The summed E-state index contributed by atoms with van der Waals surface area (Å²) >= 11 is 7.51. The van der Waals surface area contributed by atoms with Gasteiger partial charge in [-0.3, -0.25) is 4.79 Å². The molecule has 1 aromatic heterocycles. The molecule has 2 aromatic carbocycles. The van der Waals surface area contributed by atoms with E-state index in [0.717, 1.165) is 34.6 Å². The highest BCUT2D eigenvalue weighted by Crippen LogP contribution is 2.26. The number of nitrogens with one attached hydrogen (secondary N) is 1. The van der Waals surface area contributed by atoms with Gasteiger partial charge in [0.25, 0.3) is 5.91 Å². The maximum absolute atomic E-state index is 12.3. The Kier molecular flexibility index (Phi) is 5.81. The highest BCUT2D eigenvalue weighted by molar-refractivity contribution is 7.15. The number of aromatic nitrogens is 2. The molecule has 4 nitrogen and oxygen atoms in total. The highest BCUT2D eigenvalue weighted by Gasteiger charge is 2.14. The largest absolute Gasteiger partial charge is 0.320 e. The minimum Gasteiger partial charge on any atom is -0.320 e. The van der Waals surface area contributed by atoms with E-state index in [-0.39, 0.29) is 10.9 Å². The molecule has 0 aliphatic rings. The quantitative estimate of drug-likeness (QED) is 0.641. The molecule has 3 rings (SSSR count). The first-order chi connectivity index (χ1) is 12.5. The highest BCUT2D eigenvalue weighted by atomic mass is 35.5. The third kappa shape index (κ3) is 4.56. The fourth-order valence-corrected chi connectivity index (χ4v) is 3.22. The molecular weight excluding hydrogens is 366 g/mol. The third-order valence-electron chi connectivity index (χ3n) is 3.81. The van der Waals surface area contributed by atoms with Gasteiger partial charge in [0.2, 0.25) is 5.01 Å². The molecule has 0 saturated carbocycles. The molecule has 1 N–H and O–H groups in total. The third-order valence-corrected chi connectivity index (χ3v) is 5.17. The second-order valence-corrected chi connectivity index (χ2v) is 7.20. The molecule has 0 spiro atoms. The van der Waals surface area contributed by atoms with Crippen LogP contribution in [0.5, 0.6) is 0 Å². The maximum atomic E-state index is 12.3. The summed E-state index contributed by atoms with van der Waals surface area (Å²) in [7, 11) is 0. The molecule has 0 aliphatic carbocycles. The van der Waals surface area contributed by atoms with Gasteiger partial charge < -0.3 is 5.32 Å². The van der Waals surface area contributed by atoms with Crippen LogP contribution in [0.25, 0.3) is 11.1 Å². The maximum Gasteiger partial charge on any atom is 0.286 e. The van der Waals surface area contributed by atoms with Crippen LogP contribution in [-0.4, -0.2) is 16.1 Å². The van der Waals surface area contributed by atoms with Gasteiger partial charge in [0, 0.05) is 5.69 Å². The average Bonchev–Trinajstić information content (AvgIpc) is 3.15. The van der Waals surface area contributed by atoms with Crippen LogP contribution in [0.2, 0.25) is 0 Å². The van der Waals surface area contributed by atoms with Crippen LogP contribution in [0.4, 0.5) is 5.69 Å². The molecule has 0 atom stereocenters. The zero-order chi connectivity index (χ0) is 18.5.